The van der Waals surface area contributed by atoms with E-state index in [0.717, 1.165) is 5.57 Å². The lowest BCUT2D eigenvalue weighted by atomic mass is 10.1. The Hall–Kier alpha value is -1.31. The second-order valence-corrected chi connectivity index (χ2v) is 2.24. The number of rotatable bonds is 0. The summed E-state index contributed by atoms with van der Waals surface area (Å²) in [7, 11) is 0. The molecule has 0 aromatic heterocycles. The van der Waals surface area contributed by atoms with Gasteiger partial charge in [-0.15, -0.1) is 0 Å². The van der Waals surface area contributed by atoms with Crippen molar-refractivity contribution in [3.8, 4) is 0 Å². The molecule has 0 saturated carbocycles. The molecule has 1 aliphatic heterocycles. The van der Waals surface area contributed by atoms with Gasteiger partial charge in [0, 0.05) is 6.08 Å². The molecule has 0 aromatic rings. The van der Waals surface area contributed by atoms with Crippen LogP contribution in [0.1, 0.15) is 0 Å². The molecule has 0 fully saturated rings. The van der Waals surface area contributed by atoms with Crippen molar-refractivity contribution in [2.75, 3.05) is 0 Å². The van der Waals surface area contributed by atoms with E-state index in [2.05, 4.69) is 0 Å². The van der Waals surface area contributed by atoms with E-state index < -0.39 is 0 Å². The zero-order valence-electron chi connectivity index (χ0n) is 5.28. The lowest BCUT2D eigenvalue weighted by Gasteiger charge is -2.14. The van der Waals surface area contributed by atoms with Crippen LogP contribution in [-0.2, 0) is 9.53 Å². The molecule has 0 amide bonds. The van der Waals surface area contributed by atoms with Crippen LogP contribution in [-0.4, -0.2) is 12.1 Å². The molecule has 2 nitrogen and oxygen atoms in total. The van der Waals surface area contributed by atoms with Gasteiger partial charge >= 0.3 is 5.97 Å². The van der Waals surface area contributed by atoms with Gasteiger partial charge in [-0.05, 0) is 17.7 Å². The summed E-state index contributed by atoms with van der Waals surface area (Å²) < 4.78 is 4.93. The molecule has 2 aliphatic rings. The SMILES string of the molecule is O=C1C=CC2=CC=CC2O1. The number of esters is 1. The first-order valence-corrected chi connectivity index (χ1v) is 3.13. The van der Waals surface area contributed by atoms with Gasteiger partial charge in [0.05, 0.1) is 0 Å². The quantitative estimate of drug-likeness (QED) is 0.461. The van der Waals surface area contributed by atoms with Gasteiger partial charge in [0.25, 0.3) is 0 Å². The van der Waals surface area contributed by atoms with Gasteiger partial charge in [-0.25, -0.2) is 4.79 Å². The normalized spacial score (nSPS) is 27.8. The highest BCUT2D eigenvalue weighted by molar-refractivity contribution is 5.85. The van der Waals surface area contributed by atoms with Crippen LogP contribution in [0.5, 0.6) is 0 Å². The van der Waals surface area contributed by atoms with Gasteiger partial charge in [0.1, 0.15) is 6.10 Å². The molecule has 10 heavy (non-hydrogen) atoms. The molecule has 1 heterocycles. The monoisotopic (exact) mass is 134 g/mol. The molecular weight excluding hydrogens is 128 g/mol. The van der Waals surface area contributed by atoms with E-state index in [0.29, 0.717) is 0 Å². The van der Waals surface area contributed by atoms with Crippen molar-refractivity contribution >= 4 is 5.97 Å². The smallest absolute Gasteiger partial charge is 0.331 e. The molecule has 1 unspecified atom stereocenters. The summed E-state index contributed by atoms with van der Waals surface area (Å²) in [5, 5.41) is 0. The molecule has 0 spiro atoms. The van der Waals surface area contributed by atoms with E-state index in [9.17, 15) is 4.79 Å². The number of carbonyl (C=O) groups excluding carboxylic acids is 1. The van der Waals surface area contributed by atoms with E-state index in [-0.39, 0.29) is 12.1 Å². The Morgan fingerprint density at radius 2 is 2.30 bits per heavy atom. The Morgan fingerprint density at radius 1 is 1.40 bits per heavy atom. The fourth-order valence-corrected chi connectivity index (χ4v) is 1.06. The Labute approximate surface area is 58.5 Å². The topological polar surface area (TPSA) is 26.3 Å². The molecule has 0 aromatic carbocycles. The summed E-state index contributed by atoms with van der Waals surface area (Å²) >= 11 is 0. The van der Waals surface area contributed by atoms with E-state index >= 15 is 0 Å². The van der Waals surface area contributed by atoms with Crippen molar-refractivity contribution in [1.29, 1.82) is 0 Å². The summed E-state index contributed by atoms with van der Waals surface area (Å²) in [5.74, 6) is -0.256. The molecule has 50 valence electrons. The van der Waals surface area contributed by atoms with Crippen LogP contribution in [0.15, 0.2) is 36.0 Å². The highest BCUT2D eigenvalue weighted by Crippen LogP contribution is 2.20. The van der Waals surface area contributed by atoms with E-state index in [1.807, 2.05) is 18.2 Å². The standard InChI is InChI=1S/C8H6O2/c9-8-5-4-6-2-1-3-7(6)10-8/h1-5,7H. The summed E-state index contributed by atoms with van der Waals surface area (Å²) in [5.41, 5.74) is 1.06. The van der Waals surface area contributed by atoms with E-state index in [1.54, 1.807) is 6.08 Å². The minimum atomic E-state index is -0.256. The summed E-state index contributed by atoms with van der Waals surface area (Å²) in [6.07, 6.45) is 8.80. The van der Waals surface area contributed by atoms with E-state index in [4.69, 9.17) is 4.74 Å². The number of hydrogen-bond donors (Lipinski definition) is 0. The molecular formula is C8H6O2. The fourth-order valence-electron chi connectivity index (χ4n) is 1.06. The second-order valence-electron chi connectivity index (χ2n) is 2.24. The first-order chi connectivity index (χ1) is 4.86. The molecule has 1 atom stereocenters. The third-order valence-electron chi connectivity index (χ3n) is 1.56. The molecule has 2 heteroatoms. The predicted molar refractivity (Wildman–Crippen MR) is 36.2 cm³/mol. The molecule has 2 rings (SSSR count). The summed E-state index contributed by atoms with van der Waals surface area (Å²) in [4.78, 5) is 10.6. The Bertz CT molecular complexity index is 258. The Balaban J connectivity index is 2.35. The van der Waals surface area contributed by atoms with Gasteiger partial charge in [0.2, 0.25) is 0 Å². The van der Waals surface area contributed by atoms with Gasteiger partial charge in [-0.3, -0.25) is 0 Å². The number of ether oxygens (including phenoxy) is 1. The van der Waals surface area contributed by atoms with Crippen LogP contribution in [0.2, 0.25) is 0 Å². The molecule has 0 bridgehead atoms. The summed E-state index contributed by atoms with van der Waals surface area (Å²) in [6, 6.07) is 0. The average Bonchev–Trinajstić information content (AvgIpc) is 2.33. The lowest BCUT2D eigenvalue weighted by molar-refractivity contribution is -0.139. The minimum absolute atomic E-state index is 0.113. The molecule has 0 N–H and O–H groups in total. The van der Waals surface area contributed by atoms with Crippen LogP contribution >= 0.6 is 0 Å². The Morgan fingerprint density at radius 3 is 3.20 bits per heavy atom. The number of carbonyl (C=O) groups is 1. The van der Waals surface area contributed by atoms with E-state index in [1.165, 1.54) is 6.08 Å². The maximum Gasteiger partial charge on any atom is 0.331 e. The third-order valence-corrected chi connectivity index (χ3v) is 1.56. The number of allylic oxidation sites excluding steroid dienone is 2. The van der Waals surface area contributed by atoms with Crippen LogP contribution in [0.25, 0.3) is 0 Å². The first kappa shape index (κ1) is 5.47. The van der Waals surface area contributed by atoms with Crippen LogP contribution in [0, 0.1) is 0 Å². The highest BCUT2D eigenvalue weighted by atomic mass is 16.5. The van der Waals surface area contributed by atoms with Crippen molar-refractivity contribution in [3.63, 3.8) is 0 Å². The number of fused-ring (bicyclic) bond motifs is 1. The maximum atomic E-state index is 10.6. The molecule has 0 saturated heterocycles. The van der Waals surface area contributed by atoms with Gasteiger partial charge in [-0.1, -0.05) is 12.2 Å². The van der Waals surface area contributed by atoms with Crippen molar-refractivity contribution < 1.29 is 9.53 Å². The fraction of sp³-hybridized carbons (Fsp3) is 0.125. The second kappa shape index (κ2) is 1.84. The highest BCUT2D eigenvalue weighted by Gasteiger charge is 2.19. The zero-order valence-corrected chi connectivity index (χ0v) is 5.28. The van der Waals surface area contributed by atoms with Crippen molar-refractivity contribution in [1.82, 2.24) is 0 Å². The van der Waals surface area contributed by atoms with Gasteiger partial charge < -0.3 is 4.74 Å². The minimum Gasteiger partial charge on any atom is -0.450 e. The largest absolute Gasteiger partial charge is 0.450 e. The average molecular weight is 134 g/mol. The predicted octanol–water partition coefficient (Wildman–Crippen LogP) is 0.964. The molecule has 0 radical (unpaired) electrons. The van der Waals surface area contributed by atoms with Crippen LogP contribution < -0.4 is 0 Å². The summed E-state index contributed by atoms with van der Waals surface area (Å²) in [6.45, 7) is 0. The van der Waals surface area contributed by atoms with Gasteiger partial charge in [-0.2, -0.15) is 0 Å². The maximum absolute atomic E-state index is 10.6. The third kappa shape index (κ3) is 0.692. The first-order valence-electron chi connectivity index (χ1n) is 3.13. The van der Waals surface area contributed by atoms with Crippen molar-refractivity contribution in [3.05, 3.63) is 36.0 Å². The van der Waals surface area contributed by atoms with Gasteiger partial charge in [0.15, 0.2) is 0 Å². The van der Waals surface area contributed by atoms with Crippen molar-refractivity contribution in [2.24, 2.45) is 0 Å². The van der Waals surface area contributed by atoms with Crippen molar-refractivity contribution in [2.45, 2.75) is 6.10 Å². The number of hydrogen-bond acceptors (Lipinski definition) is 2. The van der Waals surface area contributed by atoms with Crippen LogP contribution in [0.3, 0.4) is 0 Å². The zero-order chi connectivity index (χ0) is 6.97. The molecule has 1 aliphatic carbocycles. The lowest BCUT2D eigenvalue weighted by Crippen LogP contribution is -2.18. The Kier molecular flexibility index (Phi) is 1.01. The van der Waals surface area contributed by atoms with Crippen LogP contribution in [0.4, 0.5) is 0 Å².